The van der Waals surface area contributed by atoms with E-state index in [1.165, 1.54) is 12.1 Å². The molecule has 1 aromatic carbocycles. The number of likely N-dealkylation sites (N-methyl/N-ethyl adjacent to an activating group) is 1. The van der Waals surface area contributed by atoms with Crippen molar-refractivity contribution in [3.8, 4) is 0 Å². The van der Waals surface area contributed by atoms with Gasteiger partial charge in [0.15, 0.2) is 0 Å². The van der Waals surface area contributed by atoms with Crippen LogP contribution in [-0.2, 0) is 18.4 Å². The number of nitrogens with one attached hydrogen (secondary N) is 2. The average Bonchev–Trinajstić information content (AvgIpc) is 3.13. The SMILES string of the molecule is CNC(=O)C1(Nc2cccc(F)c2)CCN(Cc2cnn(C)c2C)C1. The standard InChI is InChI=1S/C18H24FN5O/c1-13-14(10-21-23(13)3)11-24-8-7-18(12-24,17(25)20-2)22-16-6-4-5-15(19)9-16/h4-6,9-10,22H,7-8,11-12H2,1-3H3,(H,20,25). The second-order valence-corrected chi connectivity index (χ2v) is 6.64. The Labute approximate surface area is 147 Å². The highest BCUT2D eigenvalue weighted by Gasteiger charge is 2.44. The Balaban J connectivity index is 1.78. The summed E-state index contributed by atoms with van der Waals surface area (Å²) in [5.74, 6) is -0.403. The molecule has 1 amide bonds. The highest BCUT2D eigenvalue weighted by atomic mass is 19.1. The van der Waals surface area contributed by atoms with Crippen molar-refractivity contribution >= 4 is 11.6 Å². The number of benzene rings is 1. The zero-order chi connectivity index (χ0) is 18.0. The molecule has 134 valence electrons. The summed E-state index contributed by atoms with van der Waals surface area (Å²) in [7, 11) is 3.55. The Morgan fingerprint density at radius 1 is 1.44 bits per heavy atom. The van der Waals surface area contributed by atoms with Gasteiger partial charge in [-0.3, -0.25) is 14.4 Å². The van der Waals surface area contributed by atoms with Gasteiger partial charge in [-0.25, -0.2) is 4.39 Å². The van der Waals surface area contributed by atoms with Crippen LogP contribution in [0.15, 0.2) is 30.5 Å². The van der Waals surface area contributed by atoms with Crippen LogP contribution in [0.3, 0.4) is 0 Å². The number of hydrogen-bond acceptors (Lipinski definition) is 4. The zero-order valence-electron chi connectivity index (χ0n) is 14.8. The maximum absolute atomic E-state index is 13.5. The van der Waals surface area contributed by atoms with E-state index in [9.17, 15) is 9.18 Å². The summed E-state index contributed by atoms with van der Waals surface area (Å²) in [4.78, 5) is 14.8. The molecule has 1 aliphatic rings. The predicted octanol–water partition coefficient (Wildman–Crippen LogP) is 1.67. The van der Waals surface area contributed by atoms with Crippen molar-refractivity contribution in [3.63, 3.8) is 0 Å². The van der Waals surface area contributed by atoms with Gasteiger partial charge in [0.25, 0.3) is 0 Å². The topological polar surface area (TPSA) is 62.2 Å². The van der Waals surface area contributed by atoms with E-state index in [4.69, 9.17) is 0 Å². The number of aromatic nitrogens is 2. The van der Waals surface area contributed by atoms with E-state index in [-0.39, 0.29) is 11.7 Å². The molecule has 25 heavy (non-hydrogen) atoms. The van der Waals surface area contributed by atoms with Crippen molar-refractivity contribution in [2.45, 2.75) is 25.4 Å². The summed E-state index contributed by atoms with van der Waals surface area (Å²) in [6.45, 7) is 4.11. The molecule has 0 saturated carbocycles. The van der Waals surface area contributed by atoms with Crippen molar-refractivity contribution in [1.82, 2.24) is 20.0 Å². The van der Waals surface area contributed by atoms with Crippen LogP contribution in [0.2, 0.25) is 0 Å². The Morgan fingerprint density at radius 2 is 2.24 bits per heavy atom. The number of aryl methyl sites for hydroxylation is 1. The fraction of sp³-hybridized carbons (Fsp3) is 0.444. The summed E-state index contributed by atoms with van der Waals surface area (Å²) < 4.78 is 15.3. The van der Waals surface area contributed by atoms with E-state index in [0.717, 1.165) is 24.3 Å². The van der Waals surface area contributed by atoms with E-state index in [0.29, 0.717) is 18.7 Å². The molecule has 1 fully saturated rings. The summed E-state index contributed by atoms with van der Waals surface area (Å²) in [6, 6.07) is 6.23. The lowest BCUT2D eigenvalue weighted by molar-refractivity contribution is -0.124. The number of carbonyl (C=O) groups excluding carboxylic acids is 1. The second-order valence-electron chi connectivity index (χ2n) is 6.64. The molecule has 0 aliphatic carbocycles. The van der Waals surface area contributed by atoms with Crippen LogP contribution in [0.25, 0.3) is 0 Å². The summed E-state index contributed by atoms with van der Waals surface area (Å²) in [5, 5.41) is 10.3. The third kappa shape index (κ3) is 3.51. The van der Waals surface area contributed by atoms with Gasteiger partial charge in [0, 0.05) is 50.7 Å². The van der Waals surface area contributed by atoms with Crippen LogP contribution in [0.1, 0.15) is 17.7 Å². The van der Waals surface area contributed by atoms with Crippen LogP contribution >= 0.6 is 0 Å². The van der Waals surface area contributed by atoms with Crippen molar-refractivity contribution in [1.29, 1.82) is 0 Å². The fourth-order valence-electron chi connectivity index (χ4n) is 3.39. The minimum Gasteiger partial charge on any atom is -0.370 e. The number of amides is 1. The predicted molar refractivity (Wildman–Crippen MR) is 94.7 cm³/mol. The Bertz CT molecular complexity index is 775. The number of likely N-dealkylation sites (tertiary alicyclic amines) is 1. The van der Waals surface area contributed by atoms with E-state index >= 15 is 0 Å². The lowest BCUT2D eigenvalue weighted by atomic mass is 9.96. The molecule has 2 N–H and O–H groups in total. The molecular weight excluding hydrogens is 321 g/mol. The first-order valence-corrected chi connectivity index (χ1v) is 8.39. The van der Waals surface area contributed by atoms with Crippen molar-refractivity contribution < 1.29 is 9.18 Å². The maximum atomic E-state index is 13.5. The minimum atomic E-state index is -0.765. The molecule has 1 atom stereocenters. The zero-order valence-corrected chi connectivity index (χ0v) is 14.8. The van der Waals surface area contributed by atoms with Gasteiger partial charge in [-0.15, -0.1) is 0 Å². The molecule has 1 saturated heterocycles. The first kappa shape index (κ1) is 17.4. The number of rotatable bonds is 5. The molecule has 2 heterocycles. The molecular formula is C18H24FN5O. The van der Waals surface area contributed by atoms with Gasteiger partial charge in [0.05, 0.1) is 6.20 Å². The van der Waals surface area contributed by atoms with Gasteiger partial charge >= 0.3 is 0 Å². The lowest BCUT2D eigenvalue weighted by Gasteiger charge is -2.30. The number of halogens is 1. The van der Waals surface area contributed by atoms with Crippen molar-refractivity contribution in [2.75, 3.05) is 25.5 Å². The van der Waals surface area contributed by atoms with Crippen LogP contribution in [0.5, 0.6) is 0 Å². The molecule has 7 heteroatoms. The molecule has 3 rings (SSSR count). The van der Waals surface area contributed by atoms with Crippen molar-refractivity contribution in [2.24, 2.45) is 7.05 Å². The van der Waals surface area contributed by atoms with E-state index in [1.54, 1.807) is 19.2 Å². The van der Waals surface area contributed by atoms with Crippen LogP contribution in [-0.4, -0.2) is 46.3 Å². The first-order valence-electron chi connectivity index (χ1n) is 8.39. The van der Waals surface area contributed by atoms with Gasteiger partial charge in [-0.05, 0) is 31.5 Å². The molecule has 1 aliphatic heterocycles. The molecule has 0 bridgehead atoms. The van der Waals surface area contributed by atoms with Gasteiger partial charge in [0.1, 0.15) is 11.4 Å². The quantitative estimate of drug-likeness (QED) is 0.865. The maximum Gasteiger partial charge on any atom is 0.246 e. The highest BCUT2D eigenvalue weighted by Crippen LogP contribution is 2.28. The van der Waals surface area contributed by atoms with Crippen LogP contribution in [0.4, 0.5) is 10.1 Å². The molecule has 2 aromatic rings. The summed E-state index contributed by atoms with van der Waals surface area (Å²) in [6.07, 6.45) is 2.53. The van der Waals surface area contributed by atoms with E-state index in [2.05, 4.69) is 20.6 Å². The Morgan fingerprint density at radius 3 is 2.88 bits per heavy atom. The molecule has 1 aromatic heterocycles. The number of nitrogens with zero attached hydrogens (tertiary/aromatic N) is 3. The normalized spacial score (nSPS) is 20.6. The van der Waals surface area contributed by atoms with Crippen LogP contribution < -0.4 is 10.6 Å². The monoisotopic (exact) mass is 345 g/mol. The molecule has 0 radical (unpaired) electrons. The van der Waals surface area contributed by atoms with E-state index < -0.39 is 5.54 Å². The van der Waals surface area contributed by atoms with Gasteiger partial charge in [0.2, 0.25) is 5.91 Å². The largest absolute Gasteiger partial charge is 0.370 e. The smallest absolute Gasteiger partial charge is 0.246 e. The first-order chi connectivity index (χ1) is 11.9. The third-order valence-corrected chi connectivity index (χ3v) is 4.95. The summed E-state index contributed by atoms with van der Waals surface area (Å²) >= 11 is 0. The number of hydrogen-bond donors (Lipinski definition) is 2. The summed E-state index contributed by atoms with van der Waals surface area (Å²) in [5.41, 5.74) is 2.12. The lowest BCUT2D eigenvalue weighted by Crippen LogP contribution is -2.53. The number of carbonyl (C=O) groups is 1. The fourth-order valence-corrected chi connectivity index (χ4v) is 3.39. The van der Waals surface area contributed by atoms with E-state index in [1.807, 2.05) is 24.9 Å². The Hall–Kier alpha value is -2.41. The molecule has 0 spiro atoms. The number of anilines is 1. The van der Waals surface area contributed by atoms with Crippen molar-refractivity contribution in [3.05, 3.63) is 47.5 Å². The molecule has 6 nitrogen and oxygen atoms in total. The average molecular weight is 345 g/mol. The van der Waals surface area contributed by atoms with Crippen LogP contribution in [0, 0.1) is 12.7 Å². The Kier molecular flexibility index (Phi) is 4.76. The van der Waals surface area contributed by atoms with Gasteiger partial charge < -0.3 is 10.6 Å². The second kappa shape index (κ2) is 6.84. The van der Waals surface area contributed by atoms with Gasteiger partial charge in [-0.2, -0.15) is 5.10 Å². The van der Waals surface area contributed by atoms with Gasteiger partial charge in [-0.1, -0.05) is 6.07 Å². The highest BCUT2D eigenvalue weighted by molar-refractivity contribution is 5.90. The third-order valence-electron chi connectivity index (χ3n) is 4.95. The minimum absolute atomic E-state index is 0.0813. The molecule has 1 unspecified atom stereocenters.